The van der Waals surface area contributed by atoms with E-state index >= 15 is 0 Å². The molecule has 2 rings (SSSR count). The van der Waals surface area contributed by atoms with Crippen LogP contribution >= 0.6 is 27.5 Å². The molecule has 110 valence electrons. The number of nitrogens with two attached hydrogens (primary N) is 1. The Balaban J connectivity index is 1.99. The van der Waals surface area contributed by atoms with Crippen LogP contribution in [0.25, 0.3) is 0 Å². The largest absolute Gasteiger partial charge is 0.481 e. The normalized spacial score (nSPS) is 10.2. The van der Waals surface area contributed by atoms with Gasteiger partial charge in [-0.3, -0.25) is 4.79 Å². The summed E-state index contributed by atoms with van der Waals surface area (Å²) in [7, 11) is 0. The number of anilines is 2. The van der Waals surface area contributed by atoms with Crippen LogP contribution in [0, 0.1) is 5.82 Å². The van der Waals surface area contributed by atoms with Crippen LogP contribution in [0.4, 0.5) is 15.8 Å². The van der Waals surface area contributed by atoms with Crippen molar-refractivity contribution in [1.29, 1.82) is 0 Å². The number of ether oxygens (including phenoxy) is 1. The molecule has 0 aliphatic heterocycles. The lowest BCUT2D eigenvalue weighted by molar-refractivity contribution is -0.118. The van der Waals surface area contributed by atoms with Crippen molar-refractivity contribution in [3.05, 3.63) is 51.7 Å². The third kappa shape index (κ3) is 4.34. The molecule has 2 aromatic rings. The Labute approximate surface area is 134 Å². The average Bonchev–Trinajstić information content (AvgIpc) is 2.44. The number of nitrogen functional groups attached to an aromatic ring is 1. The first-order chi connectivity index (χ1) is 9.95. The van der Waals surface area contributed by atoms with E-state index in [-0.39, 0.29) is 12.4 Å². The SMILES string of the molecule is Nc1ccc(Cl)c(NC(=O)COc2cc(Br)ccc2F)c1. The number of hydrogen-bond donors (Lipinski definition) is 2. The van der Waals surface area contributed by atoms with Crippen molar-refractivity contribution in [2.75, 3.05) is 17.7 Å². The molecule has 0 heterocycles. The van der Waals surface area contributed by atoms with E-state index in [1.165, 1.54) is 24.3 Å². The van der Waals surface area contributed by atoms with Crippen molar-refractivity contribution >= 4 is 44.8 Å². The van der Waals surface area contributed by atoms with Gasteiger partial charge in [0, 0.05) is 10.2 Å². The number of carbonyl (C=O) groups excluding carboxylic acids is 1. The number of nitrogens with one attached hydrogen (secondary N) is 1. The summed E-state index contributed by atoms with van der Waals surface area (Å²) in [5.74, 6) is -1.03. The average molecular weight is 374 g/mol. The van der Waals surface area contributed by atoms with Gasteiger partial charge in [-0.05, 0) is 36.4 Å². The molecule has 3 N–H and O–H groups in total. The second kappa shape index (κ2) is 6.78. The first-order valence-corrected chi connectivity index (χ1v) is 7.05. The Morgan fingerprint density at radius 2 is 2.10 bits per heavy atom. The molecule has 2 aromatic carbocycles. The Hall–Kier alpha value is -1.79. The monoisotopic (exact) mass is 372 g/mol. The summed E-state index contributed by atoms with van der Waals surface area (Å²) in [6, 6.07) is 8.93. The van der Waals surface area contributed by atoms with Gasteiger partial charge in [0.05, 0.1) is 10.7 Å². The van der Waals surface area contributed by atoms with Crippen LogP contribution in [0.15, 0.2) is 40.9 Å². The van der Waals surface area contributed by atoms with Crippen LogP contribution in [0.1, 0.15) is 0 Å². The number of hydrogen-bond acceptors (Lipinski definition) is 3. The predicted octanol–water partition coefficient (Wildman–Crippen LogP) is 3.84. The highest BCUT2D eigenvalue weighted by atomic mass is 79.9. The highest BCUT2D eigenvalue weighted by Crippen LogP contribution is 2.25. The minimum Gasteiger partial charge on any atom is -0.481 e. The standard InChI is InChI=1S/C14H11BrClFN2O2/c15-8-1-4-11(17)13(5-8)21-7-14(20)19-12-6-9(18)2-3-10(12)16/h1-6H,7,18H2,(H,19,20). The minimum atomic E-state index is -0.548. The lowest BCUT2D eigenvalue weighted by atomic mass is 10.3. The van der Waals surface area contributed by atoms with Crippen LogP contribution < -0.4 is 15.8 Å². The molecule has 0 radical (unpaired) electrons. The van der Waals surface area contributed by atoms with Crippen molar-refractivity contribution in [2.45, 2.75) is 0 Å². The van der Waals surface area contributed by atoms with Crippen molar-refractivity contribution in [1.82, 2.24) is 0 Å². The van der Waals surface area contributed by atoms with Gasteiger partial charge in [0.1, 0.15) is 0 Å². The fourth-order valence-electron chi connectivity index (χ4n) is 1.56. The highest BCUT2D eigenvalue weighted by molar-refractivity contribution is 9.10. The molecule has 0 unspecified atom stereocenters. The molecule has 0 aliphatic rings. The van der Waals surface area contributed by atoms with E-state index in [1.54, 1.807) is 12.1 Å². The number of rotatable bonds is 4. The smallest absolute Gasteiger partial charge is 0.262 e. The van der Waals surface area contributed by atoms with Gasteiger partial charge in [-0.1, -0.05) is 27.5 Å². The van der Waals surface area contributed by atoms with E-state index in [0.29, 0.717) is 20.9 Å². The predicted molar refractivity (Wildman–Crippen MR) is 84.1 cm³/mol. The zero-order valence-electron chi connectivity index (χ0n) is 10.7. The Kier molecular flexibility index (Phi) is 5.03. The van der Waals surface area contributed by atoms with Gasteiger partial charge < -0.3 is 15.8 Å². The fourth-order valence-corrected chi connectivity index (χ4v) is 2.06. The molecule has 0 spiro atoms. The van der Waals surface area contributed by atoms with Gasteiger partial charge in [0.2, 0.25) is 0 Å². The Morgan fingerprint density at radius 3 is 2.86 bits per heavy atom. The van der Waals surface area contributed by atoms with Gasteiger partial charge in [0.25, 0.3) is 5.91 Å². The summed E-state index contributed by atoms with van der Waals surface area (Å²) in [4.78, 5) is 11.8. The zero-order chi connectivity index (χ0) is 15.4. The molecular formula is C14H11BrClFN2O2. The second-order valence-corrected chi connectivity index (χ2v) is 5.47. The maximum Gasteiger partial charge on any atom is 0.262 e. The summed E-state index contributed by atoms with van der Waals surface area (Å²) in [6.45, 7) is -0.349. The molecule has 7 heteroatoms. The summed E-state index contributed by atoms with van der Waals surface area (Å²) < 4.78 is 19.2. The number of benzene rings is 2. The van der Waals surface area contributed by atoms with Gasteiger partial charge in [-0.15, -0.1) is 0 Å². The third-order valence-electron chi connectivity index (χ3n) is 2.52. The van der Waals surface area contributed by atoms with Gasteiger partial charge >= 0.3 is 0 Å². The summed E-state index contributed by atoms with van der Waals surface area (Å²) in [5, 5.41) is 2.90. The lowest BCUT2D eigenvalue weighted by Gasteiger charge is -2.10. The maximum atomic E-state index is 13.4. The van der Waals surface area contributed by atoms with Gasteiger partial charge in [0.15, 0.2) is 18.2 Å². The summed E-state index contributed by atoms with van der Waals surface area (Å²) in [5.41, 5.74) is 6.45. The second-order valence-electron chi connectivity index (χ2n) is 4.15. The Bertz CT molecular complexity index is 682. The van der Waals surface area contributed by atoms with E-state index in [1.807, 2.05) is 0 Å². The first kappa shape index (κ1) is 15.6. The topological polar surface area (TPSA) is 64.3 Å². The van der Waals surface area contributed by atoms with Crippen molar-refractivity contribution in [3.63, 3.8) is 0 Å². The van der Waals surface area contributed by atoms with E-state index in [0.717, 1.165) is 0 Å². The van der Waals surface area contributed by atoms with Crippen molar-refractivity contribution < 1.29 is 13.9 Å². The molecule has 4 nitrogen and oxygen atoms in total. The first-order valence-electron chi connectivity index (χ1n) is 5.88. The number of halogens is 3. The summed E-state index contributed by atoms with van der Waals surface area (Å²) in [6.07, 6.45) is 0. The quantitative estimate of drug-likeness (QED) is 0.800. The molecule has 0 atom stereocenters. The highest BCUT2D eigenvalue weighted by Gasteiger charge is 2.10. The van der Waals surface area contributed by atoms with Crippen LogP contribution in [0.2, 0.25) is 5.02 Å². The molecule has 1 amide bonds. The Morgan fingerprint density at radius 1 is 1.33 bits per heavy atom. The zero-order valence-corrected chi connectivity index (χ0v) is 13.0. The van der Waals surface area contributed by atoms with Gasteiger partial charge in [-0.2, -0.15) is 0 Å². The number of carbonyl (C=O) groups is 1. The molecular weight excluding hydrogens is 363 g/mol. The molecule has 0 aliphatic carbocycles. The van der Waals surface area contributed by atoms with E-state index in [4.69, 9.17) is 22.1 Å². The molecule has 0 bridgehead atoms. The van der Waals surface area contributed by atoms with E-state index < -0.39 is 11.7 Å². The van der Waals surface area contributed by atoms with Crippen LogP contribution in [-0.2, 0) is 4.79 Å². The number of amides is 1. The van der Waals surface area contributed by atoms with Crippen LogP contribution in [-0.4, -0.2) is 12.5 Å². The molecule has 0 saturated carbocycles. The molecule has 0 saturated heterocycles. The van der Waals surface area contributed by atoms with Crippen molar-refractivity contribution in [2.24, 2.45) is 0 Å². The molecule has 0 aromatic heterocycles. The maximum absolute atomic E-state index is 13.4. The van der Waals surface area contributed by atoms with Crippen LogP contribution in [0.3, 0.4) is 0 Å². The fraction of sp³-hybridized carbons (Fsp3) is 0.0714. The van der Waals surface area contributed by atoms with E-state index in [9.17, 15) is 9.18 Å². The van der Waals surface area contributed by atoms with Crippen molar-refractivity contribution in [3.8, 4) is 5.75 Å². The minimum absolute atomic E-state index is 0.0156. The molecule has 0 fully saturated rings. The van der Waals surface area contributed by atoms with E-state index in [2.05, 4.69) is 21.2 Å². The lowest BCUT2D eigenvalue weighted by Crippen LogP contribution is -2.20. The van der Waals surface area contributed by atoms with Crippen LogP contribution in [0.5, 0.6) is 5.75 Å². The summed E-state index contributed by atoms with van der Waals surface area (Å²) >= 11 is 9.12. The van der Waals surface area contributed by atoms with Gasteiger partial charge in [-0.25, -0.2) is 4.39 Å². The molecule has 21 heavy (non-hydrogen) atoms. The third-order valence-corrected chi connectivity index (χ3v) is 3.34.